The molecule has 0 aliphatic carbocycles. The number of ether oxygens (including phenoxy) is 1. The van der Waals surface area contributed by atoms with Gasteiger partial charge in [0.15, 0.2) is 11.9 Å². The number of thiazole rings is 1. The Balaban J connectivity index is 1.76. The van der Waals surface area contributed by atoms with Crippen molar-refractivity contribution in [1.29, 1.82) is 0 Å². The van der Waals surface area contributed by atoms with Crippen molar-refractivity contribution < 1.29 is 58.1 Å². The van der Waals surface area contributed by atoms with E-state index >= 15 is 0 Å². The number of phenols is 1. The van der Waals surface area contributed by atoms with Crippen molar-refractivity contribution in [3.05, 3.63) is 52.0 Å². The Labute approximate surface area is 414 Å². The number of aromatic nitrogens is 1. The van der Waals surface area contributed by atoms with Crippen LogP contribution in [0, 0.1) is 23.7 Å². The van der Waals surface area contributed by atoms with Gasteiger partial charge in [-0.05, 0) is 76.7 Å². The van der Waals surface area contributed by atoms with Crippen LogP contribution in [0.15, 0.2) is 35.7 Å². The van der Waals surface area contributed by atoms with Crippen LogP contribution in [0.25, 0.3) is 0 Å². The number of carboxylic acid groups (broad SMARTS) is 1. The van der Waals surface area contributed by atoms with Crippen LogP contribution in [0.4, 0.5) is 5.69 Å². The van der Waals surface area contributed by atoms with Crippen molar-refractivity contribution >= 4 is 70.2 Å². The fourth-order valence-corrected chi connectivity index (χ4v) is 8.73. The molecule has 1 aromatic carbocycles. The Hall–Kier alpha value is -6.06. The lowest BCUT2D eigenvalue weighted by Crippen LogP contribution is -2.53. The first-order chi connectivity index (χ1) is 32.7. The maximum absolute atomic E-state index is 14.3. The SMILES string of the molecule is CC[C@H](C)[C@H](CC(=O)C(C)(C)N(C)C)C(=O)N(C)[C@H](C[C@@H](OC(C)=O)c1nc(C(=O)N[C@@H](Cc2ccc(O)c(NC(=O)CCCNC(=O)[C@H](CN)N3C(=O)C=CC3=O)c2)CC(C)C(=O)O)cs1)C(C)C. The summed E-state index contributed by atoms with van der Waals surface area (Å²) in [7, 11) is 5.33. The molecule has 6 amide bonds. The van der Waals surface area contributed by atoms with Crippen molar-refractivity contribution in [3.63, 3.8) is 0 Å². The quantitative estimate of drug-likeness (QED) is 0.0306. The fraction of sp³-hybridized carbons (Fsp3) is 0.592. The molecule has 70 heavy (non-hydrogen) atoms. The van der Waals surface area contributed by atoms with Crippen LogP contribution in [-0.4, -0.2) is 141 Å². The van der Waals surface area contributed by atoms with Gasteiger partial charge in [-0.25, -0.2) is 4.98 Å². The van der Waals surface area contributed by atoms with Gasteiger partial charge in [-0.15, -0.1) is 11.3 Å². The van der Waals surface area contributed by atoms with Gasteiger partial charge in [-0.3, -0.25) is 53.0 Å². The van der Waals surface area contributed by atoms with Gasteiger partial charge in [0, 0.05) is 81.9 Å². The first-order valence-electron chi connectivity index (χ1n) is 23.5. The number of likely N-dealkylation sites (N-methyl/N-ethyl adjacent to an activating group) is 1. The Morgan fingerprint density at radius 2 is 1.63 bits per heavy atom. The van der Waals surface area contributed by atoms with Crippen LogP contribution in [0.2, 0.25) is 0 Å². The molecule has 2 heterocycles. The molecule has 1 aliphatic heterocycles. The predicted molar refractivity (Wildman–Crippen MR) is 262 cm³/mol. The summed E-state index contributed by atoms with van der Waals surface area (Å²) in [6.07, 6.45) is 2.16. The molecule has 2 aromatic rings. The van der Waals surface area contributed by atoms with Crippen LogP contribution in [-0.2, 0) is 49.5 Å². The lowest BCUT2D eigenvalue weighted by Gasteiger charge is -2.38. The first kappa shape index (κ1) is 58.3. The average Bonchev–Trinajstić information content (AvgIpc) is 3.92. The number of carboxylic acids is 1. The summed E-state index contributed by atoms with van der Waals surface area (Å²) in [4.78, 5) is 125. The molecule has 20 nitrogen and oxygen atoms in total. The molecular weight excluding hydrogens is 925 g/mol. The molecule has 21 heteroatoms. The Morgan fingerprint density at radius 1 is 0.986 bits per heavy atom. The fourth-order valence-electron chi connectivity index (χ4n) is 7.89. The maximum Gasteiger partial charge on any atom is 0.306 e. The zero-order chi connectivity index (χ0) is 52.8. The van der Waals surface area contributed by atoms with Gasteiger partial charge < -0.3 is 41.5 Å². The number of phenolic OH excluding ortho intramolecular Hbond substituents is 1. The molecular formula is C49H72N8O12S. The molecule has 0 spiro atoms. The van der Waals surface area contributed by atoms with Crippen molar-refractivity contribution in [2.45, 2.75) is 130 Å². The molecule has 0 saturated heterocycles. The second kappa shape index (κ2) is 26.2. The number of carbonyl (C=O) groups is 9. The number of carbonyl (C=O) groups excluding carboxylic acids is 8. The lowest BCUT2D eigenvalue weighted by atomic mass is 9.81. The molecule has 1 aromatic heterocycles. The smallest absolute Gasteiger partial charge is 0.306 e. The molecule has 0 bridgehead atoms. The van der Waals surface area contributed by atoms with E-state index in [4.69, 9.17) is 10.5 Å². The van der Waals surface area contributed by atoms with E-state index < -0.39 is 83.1 Å². The van der Waals surface area contributed by atoms with Crippen LogP contribution < -0.4 is 21.7 Å². The van der Waals surface area contributed by atoms with E-state index in [0.717, 1.165) is 28.4 Å². The zero-order valence-electron chi connectivity index (χ0n) is 42.2. The molecule has 7 N–H and O–H groups in total. The summed E-state index contributed by atoms with van der Waals surface area (Å²) < 4.78 is 5.78. The highest BCUT2D eigenvalue weighted by molar-refractivity contribution is 7.09. The van der Waals surface area contributed by atoms with Gasteiger partial charge in [0.05, 0.1) is 17.1 Å². The zero-order valence-corrected chi connectivity index (χ0v) is 43.0. The lowest BCUT2D eigenvalue weighted by molar-refractivity contribution is -0.150. The number of ketones is 1. The van der Waals surface area contributed by atoms with E-state index in [-0.39, 0.29) is 92.3 Å². The molecule has 1 unspecified atom stereocenters. The van der Waals surface area contributed by atoms with E-state index in [0.29, 0.717) is 17.0 Å². The van der Waals surface area contributed by atoms with Crippen LogP contribution in [0.3, 0.4) is 0 Å². The minimum atomic E-state index is -1.21. The van der Waals surface area contributed by atoms with Gasteiger partial charge in [0.25, 0.3) is 17.7 Å². The van der Waals surface area contributed by atoms with E-state index in [1.807, 2.05) is 60.5 Å². The first-order valence-corrected chi connectivity index (χ1v) is 24.4. The second-order valence-corrected chi connectivity index (χ2v) is 19.9. The molecule has 0 fully saturated rings. The number of amides is 6. The number of anilines is 1. The normalized spacial score (nSPS) is 15.7. The van der Waals surface area contributed by atoms with Crippen LogP contribution >= 0.6 is 11.3 Å². The van der Waals surface area contributed by atoms with Gasteiger partial charge in [-0.2, -0.15) is 0 Å². The van der Waals surface area contributed by atoms with Crippen LogP contribution in [0.5, 0.6) is 5.75 Å². The number of hydrogen-bond acceptors (Lipinski definition) is 15. The number of imide groups is 1. The van der Waals surface area contributed by atoms with Crippen molar-refractivity contribution in [3.8, 4) is 5.75 Å². The summed E-state index contributed by atoms with van der Waals surface area (Å²) in [6.45, 7) is 14.0. The number of nitrogens with one attached hydrogen (secondary N) is 3. The molecule has 3 rings (SSSR count). The predicted octanol–water partition coefficient (Wildman–Crippen LogP) is 3.83. The number of hydrogen-bond donors (Lipinski definition) is 6. The summed E-state index contributed by atoms with van der Waals surface area (Å²) >= 11 is 1.09. The van der Waals surface area contributed by atoms with Crippen molar-refractivity contribution in [2.75, 3.05) is 39.5 Å². The number of rotatable bonds is 28. The van der Waals surface area contributed by atoms with E-state index in [9.17, 15) is 53.4 Å². The molecule has 0 radical (unpaired) electrons. The number of aromatic hydroxyl groups is 1. The Kier molecular flexibility index (Phi) is 21.8. The maximum atomic E-state index is 14.3. The standard InChI is InChI=1S/C49H72N8O12S/c1-12-28(4)33(23-40(60)49(7,8)55(9)10)47(66)56(11)36(27(2)3)24-39(69-30(6)58)46-54-35(26-70-46)44(64)52-32(20-29(5)48(67)68)21-31-15-16-38(59)34(22-31)53-41(61)14-13-19-51-45(65)37(25-50)57-42(62)17-18-43(57)63/h15-18,22,26-29,32-33,36-37,39,59H,12-14,19-21,23-25,50H2,1-11H3,(H,51,65)(H,52,64)(H,53,61)(H,67,68)/t28-,29?,32+,33-,36+,37-,39+/m0/s1. The topological polar surface area (TPSA) is 288 Å². The van der Waals surface area contributed by atoms with Crippen LogP contribution in [0.1, 0.15) is 121 Å². The monoisotopic (exact) mass is 996 g/mol. The minimum absolute atomic E-state index is 0.00362. The summed E-state index contributed by atoms with van der Waals surface area (Å²) in [5.74, 6) is -7.01. The molecule has 0 saturated carbocycles. The summed E-state index contributed by atoms with van der Waals surface area (Å²) in [6, 6.07) is 1.95. The minimum Gasteiger partial charge on any atom is -0.506 e. The second-order valence-electron chi connectivity index (χ2n) is 19.0. The number of nitrogens with two attached hydrogens (primary N) is 1. The number of nitrogens with zero attached hydrogens (tertiary/aromatic N) is 4. The van der Waals surface area contributed by atoms with Gasteiger partial charge in [-0.1, -0.05) is 47.1 Å². The molecule has 386 valence electrons. The largest absolute Gasteiger partial charge is 0.506 e. The number of aliphatic carboxylic acids is 1. The Bertz CT molecular complexity index is 2240. The van der Waals surface area contributed by atoms with Crippen molar-refractivity contribution in [1.82, 2.24) is 30.3 Å². The highest BCUT2D eigenvalue weighted by Crippen LogP contribution is 2.33. The number of esters is 1. The van der Waals surface area contributed by atoms with E-state index in [1.165, 1.54) is 31.4 Å². The number of Topliss-reactive ketones (excluding diaryl/α,β-unsaturated/α-hetero) is 1. The third-order valence-electron chi connectivity index (χ3n) is 13.0. The number of benzene rings is 1. The van der Waals surface area contributed by atoms with Gasteiger partial charge >= 0.3 is 11.9 Å². The Morgan fingerprint density at radius 3 is 2.19 bits per heavy atom. The third kappa shape index (κ3) is 16.0. The molecule has 1 aliphatic rings. The average molecular weight is 997 g/mol. The molecule has 7 atom stereocenters. The van der Waals surface area contributed by atoms with Gasteiger partial charge in [0.1, 0.15) is 22.5 Å². The summed E-state index contributed by atoms with van der Waals surface area (Å²) in [5, 5.41) is 30.3. The van der Waals surface area contributed by atoms with E-state index in [2.05, 4.69) is 20.9 Å². The highest BCUT2D eigenvalue weighted by Gasteiger charge is 2.39. The van der Waals surface area contributed by atoms with Crippen molar-refractivity contribution in [2.24, 2.45) is 29.4 Å². The summed E-state index contributed by atoms with van der Waals surface area (Å²) in [5.41, 5.74) is 5.44. The third-order valence-corrected chi connectivity index (χ3v) is 14.0. The highest BCUT2D eigenvalue weighted by atomic mass is 32.1. The van der Waals surface area contributed by atoms with E-state index in [1.54, 1.807) is 18.0 Å². The van der Waals surface area contributed by atoms with Gasteiger partial charge in [0.2, 0.25) is 17.7 Å².